The van der Waals surface area contributed by atoms with Crippen LogP contribution in [0.3, 0.4) is 0 Å². The van der Waals surface area contributed by atoms with Gasteiger partial charge in [-0.1, -0.05) is 0 Å². The molecule has 0 saturated heterocycles. The maximum absolute atomic E-state index is 8.56. The summed E-state index contributed by atoms with van der Waals surface area (Å²) in [4.78, 5) is 8.56. The second kappa shape index (κ2) is 4.91. The van der Waals surface area contributed by atoms with Gasteiger partial charge in [0.15, 0.2) is 0 Å². The maximum atomic E-state index is 8.56. The topological polar surface area (TPSA) is 57.5 Å². The molecule has 3 nitrogen and oxygen atoms in total. The molecule has 26 valence electrons. The average Bonchev–Trinajstić information content (AvgIpc) is 0.811. The summed E-state index contributed by atoms with van der Waals surface area (Å²) < 4.78 is 0. The number of carbonyl (C=O) groups is 1. The van der Waals surface area contributed by atoms with Gasteiger partial charge in [-0.05, 0) is 0 Å². The molecule has 0 aliphatic heterocycles. The fraction of sp³-hybridized carbons (Fsp3) is 0. The molecule has 0 aromatic carbocycles. The van der Waals surface area contributed by atoms with Crippen LogP contribution in [0.2, 0.25) is 0 Å². The van der Waals surface area contributed by atoms with Crippen molar-refractivity contribution in [2.75, 3.05) is 0 Å². The van der Waals surface area contributed by atoms with Crippen LogP contribution < -0.4 is 51.4 Å². The van der Waals surface area contributed by atoms with Gasteiger partial charge >= 0.3 is 57.5 Å². The molecule has 0 amide bonds. The summed E-state index contributed by atoms with van der Waals surface area (Å²) in [6.45, 7) is 0. The van der Waals surface area contributed by atoms with Crippen LogP contribution in [0.5, 0.6) is 0 Å². The summed E-state index contributed by atoms with van der Waals surface area (Å²) in [5.74, 6) is 0. The molecular weight excluding hydrogens is 99.1 g/mol. The van der Waals surface area contributed by atoms with Crippen LogP contribution in [-0.4, -0.2) is 16.4 Å². The minimum Gasteiger partial charge on any atom is -1.00 e. The fourth-order valence-corrected chi connectivity index (χ4v) is 0. The summed E-state index contributed by atoms with van der Waals surface area (Å²) in [6, 6.07) is 0. The molecule has 0 saturated carbocycles. The van der Waals surface area contributed by atoms with Crippen LogP contribution in [-0.2, 0) is 0 Å². The van der Waals surface area contributed by atoms with E-state index in [1.54, 1.807) is 0 Å². The van der Waals surface area contributed by atoms with Gasteiger partial charge in [0.05, 0.1) is 0 Å². The molecule has 0 aliphatic carbocycles. The molecule has 0 spiro atoms. The van der Waals surface area contributed by atoms with E-state index in [4.69, 9.17) is 15.0 Å². The van der Waals surface area contributed by atoms with E-state index in [1.807, 2.05) is 0 Å². The predicted octanol–water partition coefficient (Wildman–Crippen LogP) is -2.66. The third-order valence-electron chi connectivity index (χ3n) is 0. The first-order valence-electron chi connectivity index (χ1n) is 0.651. The van der Waals surface area contributed by atoms with E-state index in [9.17, 15) is 0 Å². The first-order valence-corrected chi connectivity index (χ1v) is 0.651. The summed E-state index contributed by atoms with van der Waals surface area (Å²) in [5.41, 5.74) is 0. The zero-order valence-corrected chi connectivity index (χ0v) is 5.93. The normalized spacial score (nSPS) is 4.80. The van der Waals surface area contributed by atoms with Crippen LogP contribution in [0, 0.1) is 0 Å². The zero-order chi connectivity index (χ0) is 3.58. The van der Waals surface area contributed by atoms with Gasteiger partial charge in [0.1, 0.15) is 0 Å². The maximum Gasteiger partial charge on any atom is 1.00 e. The van der Waals surface area contributed by atoms with Crippen molar-refractivity contribution in [1.82, 2.24) is 0 Å². The molecule has 0 heterocycles. The zero-order valence-electron chi connectivity index (χ0n) is 3.80. The van der Waals surface area contributed by atoms with Crippen molar-refractivity contribution < 1.29 is 67.8 Å². The summed E-state index contributed by atoms with van der Waals surface area (Å²) in [7, 11) is 0. The van der Waals surface area contributed by atoms with Crippen LogP contribution >= 0.6 is 0 Å². The van der Waals surface area contributed by atoms with E-state index in [-0.39, 0.29) is 52.8 Å². The molecule has 0 aromatic heterocycles. The summed E-state index contributed by atoms with van der Waals surface area (Å²) in [5, 5.41) is 13.9. The molecule has 4 heteroatoms. The van der Waals surface area contributed by atoms with Gasteiger partial charge < -0.3 is 11.6 Å². The molecule has 0 aliphatic rings. The van der Waals surface area contributed by atoms with Crippen LogP contribution in [0.4, 0.5) is 4.79 Å². The van der Waals surface area contributed by atoms with Crippen molar-refractivity contribution in [3.8, 4) is 0 Å². The molecule has 0 unspecified atom stereocenters. The first kappa shape index (κ1) is 9.32. The minimum atomic E-state index is -1.83. The van der Waals surface area contributed by atoms with Crippen molar-refractivity contribution in [1.29, 1.82) is 0 Å². The van der Waals surface area contributed by atoms with Crippen LogP contribution in [0.1, 0.15) is 1.43 Å². The van der Waals surface area contributed by atoms with E-state index in [2.05, 4.69) is 0 Å². The molecule has 0 fully saturated rings. The largest absolute Gasteiger partial charge is 1.00 e. The van der Waals surface area contributed by atoms with Crippen molar-refractivity contribution >= 4 is 6.16 Å². The van der Waals surface area contributed by atoms with Crippen molar-refractivity contribution in [3.63, 3.8) is 0 Å². The molecule has 0 radical (unpaired) electrons. The second-order valence-electron chi connectivity index (χ2n) is 0.283. The number of rotatable bonds is 0. The van der Waals surface area contributed by atoms with Gasteiger partial charge in [-0.15, -0.1) is 0 Å². The third-order valence-corrected chi connectivity index (χ3v) is 0. The van der Waals surface area contributed by atoms with E-state index in [1.165, 1.54) is 0 Å². The Morgan fingerprint density at radius 3 is 1.60 bits per heavy atom. The quantitative estimate of drug-likeness (QED) is 0.328. The van der Waals surface area contributed by atoms with Gasteiger partial charge in [0.2, 0.25) is 0 Å². The Morgan fingerprint density at radius 1 is 1.60 bits per heavy atom. The Hall–Kier alpha value is 0.906. The number of hydrogen-bond acceptors (Lipinski definition) is 1. The standard InChI is InChI=1S/CH2O3.K.H/c2-1(3)4;;/h(H2,2,3,4);;/q;+1;-1. The molecule has 0 bridgehead atoms. The van der Waals surface area contributed by atoms with E-state index >= 15 is 0 Å². The van der Waals surface area contributed by atoms with E-state index in [0.717, 1.165) is 0 Å². The molecule has 0 aromatic rings. The smallest absolute Gasteiger partial charge is 1.00 e. The molecule has 2 N–H and O–H groups in total. The summed E-state index contributed by atoms with van der Waals surface area (Å²) >= 11 is 0. The van der Waals surface area contributed by atoms with Gasteiger partial charge in [-0.25, -0.2) is 4.79 Å². The Kier molecular flexibility index (Phi) is 9.14. The van der Waals surface area contributed by atoms with Gasteiger partial charge in [-0.2, -0.15) is 0 Å². The van der Waals surface area contributed by atoms with Crippen molar-refractivity contribution in [2.45, 2.75) is 0 Å². The molecule has 5 heavy (non-hydrogen) atoms. The van der Waals surface area contributed by atoms with E-state index in [0.29, 0.717) is 0 Å². The Labute approximate surface area is 72.9 Å². The monoisotopic (exact) mass is 102 g/mol. The second-order valence-corrected chi connectivity index (χ2v) is 0.283. The number of hydrogen-bond donors (Lipinski definition) is 2. The predicted molar refractivity (Wildman–Crippen MR) is 11.8 cm³/mol. The minimum absolute atomic E-state index is 0. The molecule has 0 atom stereocenters. The molecule has 0 rings (SSSR count). The molecular formula is CH3KO3. The Balaban J connectivity index is -0.0000000450. The Bertz CT molecular complexity index is 33.8. The fourth-order valence-electron chi connectivity index (χ4n) is 0. The SMILES string of the molecule is O=C(O)O.[H-].[K+]. The first-order chi connectivity index (χ1) is 1.73. The average molecular weight is 102 g/mol. The van der Waals surface area contributed by atoms with Gasteiger partial charge in [0, 0.05) is 0 Å². The van der Waals surface area contributed by atoms with Crippen LogP contribution in [0.25, 0.3) is 0 Å². The number of carboxylic acid groups (broad SMARTS) is 2. The van der Waals surface area contributed by atoms with Gasteiger partial charge in [-0.3, -0.25) is 0 Å². The van der Waals surface area contributed by atoms with Crippen molar-refractivity contribution in [3.05, 3.63) is 0 Å². The third kappa shape index (κ3) is 50.4. The summed E-state index contributed by atoms with van der Waals surface area (Å²) in [6.07, 6.45) is -1.83. The van der Waals surface area contributed by atoms with Crippen LogP contribution in [0.15, 0.2) is 0 Å². The van der Waals surface area contributed by atoms with Gasteiger partial charge in [0.25, 0.3) is 0 Å². The van der Waals surface area contributed by atoms with E-state index < -0.39 is 6.16 Å². The Morgan fingerprint density at radius 2 is 1.60 bits per heavy atom. The van der Waals surface area contributed by atoms with Crippen molar-refractivity contribution in [2.24, 2.45) is 0 Å².